The molecule has 2 aromatic carbocycles. The molecule has 2 aromatic rings. The van der Waals surface area contributed by atoms with E-state index in [0.717, 1.165) is 0 Å². The standard InChI is InChI=1S/C20H22N2O6/c1-3-14(11-7-8-15(24)16(25)9-11)22(2)19(27)12-5-4-6-13(18(12)20(22)28)21-17(26)10-23/h4-9,14,19,23,27H,3,10H2,1-2H3,(H2-,21,24,25,26,28)/p+1. The van der Waals surface area contributed by atoms with E-state index in [1.54, 1.807) is 31.3 Å². The Morgan fingerprint density at radius 1 is 1.21 bits per heavy atom. The third kappa shape index (κ3) is 2.91. The van der Waals surface area contributed by atoms with Gasteiger partial charge in [0.1, 0.15) is 18.2 Å². The molecule has 0 fully saturated rings. The van der Waals surface area contributed by atoms with Crippen LogP contribution < -0.4 is 5.32 Å². The van der Waals surface area contributed by atoms with Crippen molar-refractivity contribution in [3.8, 4) is 11.5 Å². The summed E-state index contributed by atoms with van der Waals surface area (Å²) in [7, 11) is 1.60. The molecule has 5 N–H and O–H groups in total. The van der Waals surface area contributed by atoms with E-state index in [4.69, 9.17) is 5.11 Å². The Kier molecular flexibility index (Phi) is 5.12. The zero-order chi connectivity index (χ0) is 20.6. The fraction of sp³-hybridized carbons (Fsp3) is 0.300. The van der Waals surface area contributed by atoms with Crippen LogP contribution in [0.15, 0.2) is 36.4 Å². The lowest BCUT2D eigenvalue weighted by Gasteiger charge is -2.38. The molecular weight excluding hydrogens is 364 g/mol. The van der Waals surface area contributed by atoms with Crippen LogP contribution in [0.5, 0.6) is 11.5 Å². The molecule has 1 aliphatic rings. The fourth-order valence-electron chi connectivity index (χ4n) is 3.94. The van der Waals surface area contributed by atoms with Gasteiger partial charge in [0.15, 0.2) is 11.5 Å². The van der Waals surface area contributed by atoms with Crippen molar-refractivity contribution in [1.29, 1.82) is 0 Å². The zero-order valence-corrected chi connectivity index (χ0v) is 15.6. The molecule has 148 valence electrons. The van der Waals surface area contributed by atoms with Crippen LogP contribution >= 0.6 is 0 Å². The number of phenols is 2. The van der Waals surface area contributed by atoms with E-state index in [1.165, 1.54) is 12.1 Å². The Morgan fingerprint density at radius 3 is 2.54 bits per heavy atom. The van der Waals surface area contributed by atoms with E-state index >= 15 is 0 Å². The number of carbonyl (C=O) groups excluding carboxylic acids is 2. The Hall–Kier alpha value is -2.94. The highest BCUT2D eigenvalue weighted by Gasteiger charge is 2.55. The molecule has 0 radical (unpaired) electrons. The van der Waals surface area contributed by atoms with E-state index in [9.17, 15) is 24.9 Å². The van der Waals surface area contributed by atoms with Crippen LogP contribution in [0.25, 0.3) is 0 Å². The average Bonchev–Trinajstić information content (AvgIpc) is 2.88. The number of aromatic hydroxyl groups is 2. The van der Waals surface area contributed by atoms with Crippen LogP contribution in [0.2, 0.25) is 0 Å². The molecule has 3 rings (SSSR count). The normalized spacial score (nSPS) is 22.0. The molecule has 2 amide bonds. The van der Waals surface area contributed by atoms with Gasteiger partial charge in [-0.1, -0.05) is 13.0 Å². The van der Waals surface area contributed by atoms with Crippen LogP contribution in [-0.4, -0.2) is 50.4 Å². The van der Waals surface area contributed by atoms with Crippen molar-refractivity contribution in [3.63, 3.8) is 0 Å². The highest BCUT2D eigenvalue weighted by Crippen LogP contribution is 2.48. The maximum atomic E-state index is 13.4. The number of carbonyl (C=O) groups is 2. The summed E-state index contributed by atoms with van der Waals surface area (Å²) in [6, 6.07) is 8.59. The van der Waals surface area contributed by atoms with Gasteiger partial charge < -0.3 is 25.7 Å². The number of hydrogen-bond acceptors (Lipinski definition) is 6. The van der Waals surface area contributed by atoms with Gasteiger partial charge in [-0.15, -0.1) is 0 Å². The van der Waals surface area contributed by atoms with Crippen LogP contribution in [-0.2, 0) is 4.79 Å². The van der Waals surface area contributed by atoms with Gasteiger partial charge in [-0.2, -0.15) is 0 Å². The van der Waals surface area contributed by atoms with Crippen molar-refractivity contribution in [2.24, 2.45) is 0 Å². The first-order chi connectivity index (χ1) is 13.2. The Balaban J connectivity index is 2.10. The Bertz CT molecular complexity index is 944. The van der Waals surface area contributed by atoms with E-state index in [-0.39, 0.29) is 22.7 Å². The summed E-state index contributed by atoms with van der Waals surface area (Å²) in [6.07, 6.45) is -0.718. The predicted molar refractivity (Wildman–Crippen MR) is 100 cm³/mol. The maximum absolute atomic E-state index is 13.4. The molecule has 1 heterocycles. The number of anilines is 1. The van der Waals surface area contributed by atoms with Crippen LogP contribution in [0.3, 0.4) is 0 Å². The van der Waals surface area contributed by atoms with Gasteiger partial charge in [0.2, 0.25) is 12.1 Å². The van der Waals surface area contributed by atoms with Gasteiger partial charge in [-0.3, -0.25) is 4.79 Å². The topological polar surface area (TPSA) is 127 Å². The molecule has 0 aromatic heterocycles. The molecule has 0 saturated carbocycles. The summed E-state index contributed by atoms with van der Waals surface area (Å²) in [4.78, 5) is 25.1. The lowest BCUT2D eigenvalue weighted by molar-refractivity contribution is -0.911. The quantitative estimate of drug-likeness (QED) is 0.393. The van der Waals surface area contributed by atoms with Crippen molar-refractivity contribution in [1.82, 2.24) is 0 Å². The molecule has 0 aliphatic carbocycles. The Morgan fingerprint density at radius 2 is 1.93 bits per heavy atom. The number of aliphatic hydroxyl groups excluding tert-OH is 2. The van der Waals surface area contributed by atoms with Crippen molar-refractivity contribution in [2.75, 3.05) is 19.0 Å². The first-order valence-corrected chi connectivity index (χ1v) is 8.90. The molecule has 8 nitrogen and oxygen atoms in total. The second-order valence-electron chi connectivity index (χ2n) is 6.97. The number of amides is 2. The van der Waals surface area contributed by atoms with E-state index < -0.39 is 35.2 Å². The molecule has 0 bridgehead atoms. The van der Waals surface area contributed by atoms with E-state index in [1.807, 2.05) is 6.92 Å². The number of quaternary nitrogens is 1. The molecule has 0 saturated heterocycles. The summed E-state index contributed by atoms with van der Waals surface area (Å²) >= 11 is 0. The van der Waals surface area contributed by atoms with Crippen LogP contribution in [0.4, 0.5) is 5.69 Å². The molecule has 3 unspecified atom stereocenters. The number of nitrogens with one attached hydrogen (secondary N) is 1. The summed E-state index contributed by atoms with van der Waals surface area (Å²) in [5, 5.41) is 42.0. The number of aliphatic hydroxyl groups is 2. The summed E-state index contributed by atoms with van der Waals surface area (Å²) in [6.45, 7) is 1.13. The highest BCUT2D eigenvalue weighted by molar-refractivity contribution is 6.04. The lowest BCUT2D eigenvalue weighted by atomic mass is 9.99. The number of fused-ring (bicyclic) bond motifs is 1. The minimum atomic E-state index is -1.19. The molecule has 1 aliphatic heterocycles. The second-order valence-corrected chi connectivity index (χ2v) is 6.97. The van der Waals surface area contributed by atoms with Gasteiger partial charge in [-0.25, -0.2) is 9.28 Å². The van der Waals surface area contributed by atoms with Gasteiger partial charge >= 0.3 is 5.91 Å². The van der Waals surface area contributed by atoms with E-state index in [0.29, 0.717) is 17.5 Å². The van der Waals surface area contributed by atoms with Crippen LogP contribution in [0, 0.1) is 0 Å². The lowest BCUT2D eigenvalue weighted by Crippen LogP contribution is -2.49. The number of hydrogen-bond donors (Lipinski definition) is 5. The predicted octanol–water partition coefficient (Wildman–Crippen LogP) is 1.77. The SMILES string of the molecule is CCC(c1ccc(O)c(O)c1)[N+]1(C)C(=O)c2c(NC(=O)CO)cccc2C1O. The first-order valence-electron chi connectivity index (χ1n) is 8.90. The third-order valence-corrected chi connectivity index (χ3v) is 5.37. The van der Waals surface area contributed by atoms with Gasteiger partial charge in [-0.05, 0) is 30.3 Å². The zero-order valence-electron chi connectivity index (χ0n) is 15.6. The molecule has 3 atom stereocenters. The van der Waals surface area contributed by atoms with Crippen molar-refractivity contribution in [2.45, 2.75) is 25.6 Å². The monoisotopic (exact) mass is 387 g/mol. The van der Waals surface area contributed by atoms with Crippen LogP contribution in [0.1, 0.15) is 47.1 Å². The van der Waals surface area contributed by atoms with Gasteiger partial charge in [0.25, 0.3) is 0 Å². The number of rotatable bonds is 5. The molecule has 8 heteroatoms. The van der Waals surface area contributed by atoms with Crippen molar-refractivity contribution in [3.05, 3.63) is 53.1 Å². The summed E-state index contributed by atoms with van der Waals surface area (Å²) in [5.41, 5.74) is 1.39. The van der Waals surface area contributed by atoms with Crippen molar-refractivity contribution >= 4 is 17.5 Å². The smallest absolute Gasteiger partial charge is 0.351 e. The number of nitrogens with zero attached hydrogens (tertiary/aromatic N) is 1. The largest absolute Gasteiger partial charge is 0.504 e. The second kappa shape index (κ2) is 7.23. The molecule has 28 heavy (non-hydrogen) atoms. The highest BCUT2D eigenvalue weighted by atomic mass is 16.3. The van der Waals surface area contributed by atoms with Gasteiger partial charge in [0, 0.05) is 12.0 Å². The minimum absolute atomic E-state index is 0.195. The fourth-order valence-corrected chi connectivity index (χ4v) is 3.94. The molecule has 0 spiro atoms. The third-order valence-electron chi connectivity index (χ3n) is 5.37. The number of phenolic OH excluding ortho intramolecular Hbond substituents is 2. The summed E-state index contributed by atoms with van der Waals surface area (Å²) < 4.78 is -0.401. The number of benzene rings is 2. The summed E-state index contributed by atoms with van der Waals surface area (Å²) in [5.74, 6) is -1.63. The first kappa shape index (κ1) is 19.8. The molecular formula is C20H23N2O6+. The Labute approximate surface area is 161 Å². The average molecular weight is 387 g/mol. The maximum Gasteiger partial charge on any atom is 0.351 e. The minimum Gasteiger partial charge on any atom is -0.504 e. The van der Waals surface area contributed by atoms with Crippen molar-refractivity contribution < 1.29 is 34.5 Å². The van der Waals surface area contributed by atoms with E-state index in [2.05, 4.69) is 5.32 Å². The van der Waals surface area contributed by atoms with Gasteiger partial charge in [0.05, 0.1) is 18.3 Å².